The van der Waals surface area contributed by atoms with Gasteiger partial charge in [-0.3, -0.25) is 14.6 Å². The Morgan fingerprint density at radius 3 is 2.52 bits per heavy atom. The van der Waals surface area contributed by atoms with Gasteiger partial charge in [0, 0.05) is 40.4 Å². The van der Waals surface area contributed by atoms with Gasteiger partial charge in [0.1, 0.15) is 5.52 Å². The van der Waals surface area contributed by atoms with E-state index in [0.717, 1.165) is 0 Å². The Labute approximate surface area is 180 Å². The fourth-order valence-electron chi connectivity index (χ4n) is 4.71. The van der Waals surface area contributed by atoms with E-state index in [4.69, 9.17) is 9.47 Å². The first kappa shape index (κ1) is 18.9. The molecule has 3 heterocycles. The molecule has 0 radical (unpaired) electrons. The van der Waals surface area contributed by atoms with Crippen LogP contribution in [0.1, 0.15) is 38.8 Å². The largest absolute Gasteiger partial charge is 0.504 e. The topological polar surface area (TPSA) is 108 Å². The molecule has 2 aromatic carbocycles. The smallest absolute Gasteiger partial charge is 0.208 e. The van der Waals surface area contributed by atoms with Gasteiger partial charge in [0.2, 0.25) is 6.29 Å². The van der Waals surface area contributed by atoms with Crippen LogP contribution in [-0.2, 0) is 4.74 Å². The number of ether oxygens (including phenoxy) is 2. The molecule has 31 heavy (non-hydrogen) atoms. The van der Waals surface area contributed by atoms with Gasteiger partial charge < -0.3 is 19.9 Å². The van der Waals surface area contributed by atoms with E-state index in [1.54, 1.807) is 42.6 Å². The minimum absolute atomic E-state index is 0.0477. The Hall–Kier alpha value is -2.86. The van der Waals surface area contributed by atoms with Crippen LogP contribution < -0.4 is 10.1 Å². The number of rotatable bonds is 2. The van der Waals surface area contributed by atoms with E-state index >= 15 is 0 Å². The third kappa shape index (κ3) is 2.61. The molecule has 2 aliphatic heterocycles. The van der Waals surface area contributed by atoms with Gasteiger partial charge in [-0.15, -0.1) is 9.24 Å². The monoisotopic (exact) mass is 434 g/mol. The number of carbonyl (C=O) groups excluding carboxylic acids is 2. The number of fused-ring (bicyclic) bond motifs is 5. The van der Waals surface area contributed by atoms with Gasteiger partial charge in [-0.05, 0) is 13.0 Å². The van der Waals surface area contributed by atoms with Crippen molar-refractivity contribution in [2.45, 2.75) is 37.1 Å². The highest BCUT2D eigenvalue weighted by Crippen LogP contribution is 2.46. The Balaban J connectivity index is 1.55. The average Bonchev–Trinajstić information content (AvgIpc) is 3.59. The van der Waals surface area contributed by atoms with Gasteiger partial charge in [-0.25, -0.2) is 0 Å². The van der Waals surface area contributed by atoms with Crippen molar-refractivity contribution in [1.82, 2.24) is 10.3 Å². The van der Waals surface area contributed by atoms with Crippen molar-refractivity contribution in [3.63, 3.8) is 0 Å². The Morgan fingerprint density at radius 2 is 1.77 bits per heavy atom. The maximum absolute atomic E-state index is 13.3. The summed E-state index contributed by atoms with van der Waals surface area (Å²) in [5.41, 5.74) is 0.957. The summed E-state index contributed by atoms with van der Waals surface area (Å²) in [5, 5.41) is 15.0. The lowest BCUT2D eigenvalue weighted by atomic mass is 9.81. The molecule has 0 bridgehead atoms. The number of aromatic nitrogens is 1. The fourth-order valence-corrected chi connectivity index (χ4v) is 5.23. The van der Waals surface area contributed by atoms with E-state index in [1.165, 1.54) is 0 Å². The highest BCUT2D eigenvalue weighted by Gasteiger charge is 2.53. The van der Waals surface area contributed by atoms with E-state index in [1.807, 2.05) is 6.92 Å². The second-order valence-electron chi connectivity index (χ2n) is 8.15. The summed E-state index contributed by atoms with van der Waals surface area (Å²) in [6.45, 7) is 1.97. The number of hydrogen-bond acceptors (Lipinski definition) is 7. The minimum atomic E-state index is -0.660. The first-order valence-corrected chi connectivity index (χ1v) is 10.8. The van der Waals surface area contributed by atoms with Crippen LogP contribution in [0.25, 0.3) is 10.9 Å². The van der Waals surface area contributed by atoms with Crippen molar-refractivity contribution in [2.75, 3.05) is 0 Å². The van der Waals surface area contributed by atoms with Crippen LogP contribution in [0.2, 0.25) is 0 Å². The summed E-state index contributed by atoms with van der Waals surface area (Å²) in [6, 6.07) is 10.6. The number of nitrogens with one attached hydrogen (secondary N) is 1. The average molecular weight is 434 g/mol. The fraction of sp³-hybridized carbons (Fsp3) is 0.261. The lowest BCUT2D eigenvalue weighted by molar-refractivity contribution is -0.126. The molecule has 1 aromatic heterocycles. The van der Waals surface area contributed by atoms with Gasteiger partial charge in [-0.1, -0.05) is 30.3 Å². The SMILES string of the molecule is CC1OC(Oc2c(O)c3c(c4cccnc24)C(=O)c2ccccc2C3=O)C(P)C2NC12. The van der Waals surface area contributed by atoms with Crippen LogP contribution in [0, 0.1) is 0 Å². The van der Waals surface area contributed by atoms with E-state index in [9.17, 15) is 14.7 Å². The number of hydrogen-bond donors (Lipinski definition) is 2. The zero-order chi connectivity index (χ0) is 21.4. The lowest BCUT2D eigenvalue weighted by Gasteiger charge is -2.32. The number of carbonyl (C=O) groups is 2. The van der Waals surface area contributed by atoms with E-state index in [0.29, 0.717) is 16.5 Å². The van der Waals surface area contributed by atoms with Crippen LogP contribution >= 0.6 is 9.24 Å². The minimum Gasteiger partial charge on any atom is -0.504 e. The molecule has 0 spiro atoms. The molecule has 2 fully saturated rings. The number of nitrogens with zero attached hydrogens (tertiary/aromatic N) is 1. The number of phenolic OH excluding ortho intramolecular Hbond substituents is 1. The summed E-state index contributed by atoms with van der Waals surface area (Å²) in [4.78, 5) is 31.0. The third-order valence-corrected chi connectivity index (χ3v) is 7.07. The zero-order valence-corrected chi connectivity index (χ0v) is 17.7. The predicted molar refractivity (Wildman–Crippen MR) is 116 cm³/mol. The molecule has 3 aromatic rings. The van der Waals surface area contributed by atoms with Gasteiger partial charge in [0.15, 0.2) is 23.1 Å². The summed E-state index contributed by atoms with van der Waals surface area (Å²) in [7, 11) is 2.73. The second-order valence-corrected chi connectivity index (χ2v) is 8.92. The molecule has 6 rings (SSSR count). The van der Waals surface area contributed by atoms with E-state index in [2.05, 4.69) is 19.5 Å². The molecule has 1 aliphatic carbocycles. The van der Waals surface area contributed by atoms with Crippen LogP contribution in [0.15, 0.2) is 42.6 Å². The summed E-state index contributed by atoms with van der Waals surface area (Å²) < 4.78 is 12.2. The predicted octanol–water partition coefficient (Wildman–Crippen LogP) is 2.42. The Kier molecular flexibility index (Phi) is 4.00. The van der Waals surface area contributed by atoms with Crippen LogP contribution in [-0.4, -0.2) is 51.8 Å². The molecule has 2 saturated heterocycles. The van der Waals surface area contributed by atoms with Gasteiger partial charge in [0.05, 0.1) is 17.3 Å². The standard InChI is InChI=1S/C23H19N2O5P/c1-9-15-17(25-15)22(31)23(29-9)30-21-16-12(7-4-8-24-16)13-14(20(21)28)19(27)11-6-3-2-5-10(11)18(13)26/h2-9,15,17,22-23,25,28H,31H2,1H3. The third-order valence-electron chi connectivity index (χ3n) is 6.34. The number of ketones is 2. The van der Waals surface area contributed by atoms with Gasteiger partial charge in [-0.2, -0.15) is 0 Å². The van der Waals surface area contributed by atoms with Gasteiger partial charge >= 0.3 is 0 Å². The molecule has 6 atom stereocenters. The first-order chi connectivity index (χ1) is 15.0. The number of benzene rings is 2. The normalized spacial score (nSPS) is 28.6. The second kappa shape index (κ2) is 6.57. The quantitative estimate of drug-likeness (QED) is 0.369. The van der Waals surface area contributed by atoms with Crippen molar-refractivity contribution in [2.24, 2.45) is 0 Å². The van der Waals surface area contributed by atoms with Crippen molar-refractivity contribution in [1.29, 1.82) is 0 Å². The molecule has 156 valence electrons. The zero-order valence-electron chi connectivity index (χ0n) is 16.5. The summed E-state index contributed by atoms with van der Waals surface area (Å²) in [6.07, 6.45) is 0.846. The van der Waals surface area contributed by atoms with Crippen LogP contribution in [0.4, 0.5) is 0 Å². The molecule has 3 aliphatic rings. The van der Waals surface area contributed by atoms with E-state index in [-0.39, 0.29) is 57.8 Å². The maximum Gasteiger partial charge on any atom is 0.208 e. The van der Waals surface area contributed by atoms with Crippen LogP contribution in [0.3, 0.4) is 0 Å². The van der Waals surface area contributed by atoms with Crippen molar-refractivity contribution in [3.05, 3.63) is 64.8 Å². The number of phenols is 1. The Morgan fingerprint density at radius 1 is 1.06 bits per heavy atom. The van der Waals surface area contributed by atoms with Crippen LogP contribution in [0.5, 0.6) is 11.5 Å². The molecule has 0 saturated carbocycles. The van der Waals surface area contributed by atoms with Gasteiger partial charge in [0.25, 0.3) is 0 Å². The highest BCUT2D eigenvalue weighted by molar-refractivity contribution is 7.17. The lowest BCUT2D eigenvalue weighted by Crippen LogP contribution is -2.44. The molecule has 6 unspecified atom stereocenters. The van der Waals surface area contributed by atoms with Crippen molar-refractivity contribution >= 4 is 31.7 Å². The molecular weight excluding hydrogens is 415 g/mol. The summed E-state index contributed by atoms with van der Waals surface area (Å²) in [5.74, 6) is -1.06. The highest BCUT2D eigenvalue weighted by atomic mass is 31.0. The first-order valence-electron chi connectivity index (χ1n) is 10.1. The molecule has 2 N–H and O–H groups in total. The number of pyridine rings is 1. The molecule has 0 amide bonds. The van der Waals surface area contributed by atoms with Crippen molar-refractivity contribution in [3.8, 4) is 11.5 Å². The maximum atomic E-state index is 13.3. The molecule has 8 heteroatoms. The molecular formula is C23H19N2O5P. The number of aromatic hydroxyl groups is 1. The van der Waals surface area contributed by atoms with Crippen molar-refractivity contribution < 1.29 is 24.2 Å². The summed E-state index contributed by atoms with van der Waals surface area (Å²) >= 11 is 0. The van der Waals surface area contributed by atoms with E-state index < -0.39 is 12.1 Å². The molecule has 7 nitrogen and oxygen atoms in total. The Bertz CT molecular complexity index is 1290.